The third kappa shape index (κ3) is 3.34. The van der Waals surface area contributed by atoms with E-state index in [1.165, 1.54) is 0 Å². The van der Waals surface area contributed by atoms with Gasteiger partial charge in [0.2, 0.25) is 5.91 Å². The molecule has 0 radical (unpaired) electrons. The van der Waals surface area contributed by atoms with E-state index in [2.05, 4.69) is 13.5 Å². The molecule has 0 aliphatic carbocycles. The molecule has 1 saturated heterocycles. The summed E-state index contributed by atoms with van der Waals surface area (Å²) in [6.07, 6.45) is 5.39. The van der Waals surface area contributed by atoms with Crippen LogP contribution in [0.2, 0.25) is 0 Å². The topological polar surface area (TPSA) is 46.3 Å². The lowest BCUT2D eigenvalue weighted by Gasteiger charge is -2.22. The standard InChI is InChI=1S/C12H22N2O/c1-3-4-5-6-11(15)14-8-7-12(2,9-13)10-14/h3H,1,4-10,13H2,2H3. The molecule has 1 unspecified atom stereocenters. The fourth-order valence-electron chi connectivity index (χ4n) is 1.96. The average molecular weight is 210 g/mol. The lowest BCUT2D eigenvalue weighted by molar-refractivity contribution is -0.130. The molecule has 3 heteroatoms. The van der Waals surface area contributed by atoms with Crippen LogP contribution in [0, 0.1) is 5.41 Å². The molecule has 3 nitrogen and oxygen atoms in total. The van der Waals surface area contributed by atoms with Crippen LogP contribution >= 0.6 is 0 Å². The second-order valence-electron chi connectivity index (χ2n) is 4.76. The van der Waals surface area contributed by atoms with E-state index in [0.29, 0.717) is 13.0 Å². The predicted molar refractivity (Wildman–Crippen MR) is 62.4 cm³/mol. The summed E-state index contributed by atoms with van der Waals surface area (Å²) in [7, 11) is 0. The van der Waals surface area contributed by atoms with Crippen LogP contribution in [0.5, 0.6) is 0 Å². The number of hydrogen-bond acceptors (Lipinski definition) is 2. The van der Waals surface area contributed by atoms with Gasteiger partial charge >= 0.3 is 0 Å². The fraction of sp³-hybridized carbons (Fsp3) is 0.750. The number of nitrogens with two attached hydrogens (primary N) is 1. The summed E-state index contributed by atoms with van der Waals surface area (Å²) in [5.41, 5.74) is 5.85. The average Bonchev–Trinajstić information content (AvgIpc) is 2.62. The highest BCUT2D eigenvalue weighted by Gasteiger charge is 2.34. The van der Waals surface area contributed by atoms with Crippen molar-refractivity contribution in [1.82, 2.24) is 4.90 Å². The Kier molecular flexibility index (Phi) is 4.33. The van der Waals surface area contributed by atoms with Crippen molar-refractivity contribution in [3.63, 3.8) is 0 Å². The van der Waals surface area contributed by atoms with Gasteiger partial charge in [-0.3, -0.25) is 4.79 Å². The maximum absolute atomic E-state index is 11.8. The summed E-state index contributed by atoms with van der Waals surface area (Å²) < 4.78 is 0. The van der Waals surface area contributed by atoms with Crippen LogP contribution in [-0.2, 0) is 4.79 Å². The summed E-state index contributed by atoms with van der Waals surface area (Å²) in [5, 5.41) is 0. The predicted octanol–water partition coefficient (Wildman–Crippen LogP) is 1.54. The highest BCUT2D eigenvalue weighted by molar-refractivity contribution is 5.76. The van der Waals surface area contributed by atoms with E-state index in [9.17, 15) is 4.79 Å². The number of carbonyl (C=O) groups is 1. The third-order valence-electron chi connectivity index (χ3n) is 3.20. The number of unbranched alkanes of at least 4 members (excludes halogenated alkanes) is 1. The van der Waals surface area contributed by atoms with Crippen molar-refractivity contribution < 1.29 is 4.79 Å². The number of nitrogens with zero attached hydrogens (tertiary/aromatic N) is 1. The van der Waals surface area contributed by atoms with Gasteiger partial charge in [0, 0.05) is 19.5 Å². The van der Waals surface area contributed by atoms with Crippen molar-refractivity contribution in [1.29, 1.82) is 0 Å². The Morgan fingerprint density at radius 1 is 1.67 bits per heavy atom. The minimum Gasteiger partial charge on any atom is -0.342 e. The summed E-state index contributed by atoms with van der Waals surface area (Å²) >= 11 is 0. The highest BCUT2D eigenvalue weighted by atomic mass is 16.2. The Bertz CT molecular complexity index is 240. The minimum absolute atomic E-state index is 0.147. The first-order chi connectivity index (χ1) is 7.11. The SMILES string of the molecule is C=CCCCC(=O)N1CCC(C)(CN)C1. The molecule has 1 atom stereocenters. The van der Waals surface area contributed by atoms with E-state index in [4.69, 9.17) is 5.73 Å². The molecule has 1 rings (SSSR count). The van der Waals surface area contributed by atoms with Crippen LogP contribution in [0.15, 0.2) is 12.7 Å². The Morgan fingerprint density at radius 2 is 2.40 bits per heavy atom. The molecule has 0 spiro atoms. The molecule has 1 aliphatic heterocycles. The molecule has 1 fully saturated rings. The second kappa shape index (κ2) is 5.31. The van der Waals surface area contributed by atoms with E-state index < -0.39 is 0 Å². The first-order valence-corrected chi connectivity index (χ1v) is 5.70. The maximum atomic E-state index is 11.8. The van der Waals surface area contributed by atoms with E-state index in [0.717, 1.165) is 32.4 Å². The number of rotatable bonds is 5. The van der Waals surface area contributed by atoms with Crippen LogP contribution in [0.25, 0.3) is 0 Å². The highest BCUT2D eigenvalue weighted by Crippen LogP contribution is 2.28. The number of amides is 1. The molecule has 0 saturated carbocycles. The number of likely N-dealkylation sites (tertiary alicyclic amines) is 1. The molecule has 0 aromatic carbocycles. The van der Waals surface area contributed by atoms with E-state index in [1.807, 2.05) is 11.0 Å². The third-order valence-corrected chi connectivity index (χ3v) is 3.20. The fourth-order valence-corrected chi connectivity index (χ4v) is 1.96. The summed E-state index contributed by atoms with van der Waals surface area (Å²) in [6.45, 7) is 8.18. The Hall–Kier alpha value is -0.830. The van der Waals surface area contributed by atoms with Crippen molar-refractivity contribution in [3.8, 4) is 0 Å². The smallest absolute Gasteiger partial charge is 0.222 e. The molecular weight excluding hydrogens is 188 g/mol. The quantitative estimate of drug-likeness (QED) is 0.552. The van der Waals surface area contributed by atoms with Gasteiger partial charge in [0.25, 0.3) is 0 Å². The van der Waals surface area contributed by atoms with Crippen molar-refractivity contribution in [2.24, 2.45) is 11.1 Å². The Balaban J connectivity index is 2.33. The van der Waals surface area contributed by atoms with Crippen LogP contribution in [-0.4, -0.2) is 30.4 Å². The lowest BCUT2D eigenvalue weighted by Crippen LogP contribution is -2.34. The Morgan fingerprint density at radius 3 is 2.93 bits per heavy atom. The van der Waals surface area contributed by atoms with Gasteiger partial charge < -0.3 is 10.6 Å². The Labute approximate surface area is 92.3 Å². The van der Waals surface area contributed by atoms with Crippen molar-refractivity contribution in [2.75, 3.05) is 19.6 Å². The molecular formula is C12H22N2O. The zero-order valence-corrected chi connectivity index (χ0v) is 9.67. The van der Waals surface area contributed by atoms with Crippen LogP contribution in [0.1, 0.15) is 32.6 Å². The lowest BCUT2D eigenvalue weighted by atomic mass is 9.90. The van der Waals surface area contributed by atoms with Gasteiger partial charge in [0.15, 0.2) is 0 Å². The largest absolute Gasteiger partial charge is 0.342 e. The molecule has 0 aromatic heterocycles. The molecule has 15 heavy (non-hydrogen) atoms. The second-order valence-corrected chi connectivity index (χ2v) is 4.76. The van der Waals surface area contributed by atoms with Crippen LogP contribution < -0.4 is 5.73 Å². The number of carbonyl (C=O) groups excluding carboxylic acids is 1. The normalized spacial score (nSPS) is 25.6. The molecule has 0 bridgehead atoms. The number of hydrogen-bond donors (Lipinski definition) is 1. The summed E-state index contributed by atoms with van der Waals surface area (Å²) in [4.78, 5) is 13.7. The minimum atomic E-state index is 0.147. The van der Waals surface area contributed by atoms with Gasteiger partial charge in [0.1, 0.15) is 0 Å². The van der Waals surface area contributed by atoms with Gasteiger partial charge in [-0.25, -0.2) is 0 Å². The molecule has 86 valence electrons. The van der Waals surface area contributed by atoms with Crippen molar-refractivity contribution in [2.45, 2.75) is 32.6 Å². The van der Waals surface area contributed by atoms with Crippen molar-refractivity contribution >= 4 is 5.91 Å². The number of allylic oxidation sites excluding steroid dienone is 1. The van der Waals surface area contributed by atoms with Gasteiger partial charge in [-0.15, -0.1) is 6.58 Å². The summed E-state index contributed by atoms with van der Waals surface area (Å²) in [5.74, 6) is 0.272. The molecule has 1 aliphatic rings. The zero-order chi connectivity index (χ0) is 11.3. The molecule has 2 N–H and O–H groups in total. The van der Waals surface area contributed by atoms with Gasteiger partial charge in [0.05, 0.1) is 0 Å². The van der Waals surface area contributed by atoms with Crippen molar-refractivity contribution in [3.05, 3.63) is 12.7 Å². The van der Waals surface area contributed by atoms with E-state index in [-0.39, 0.29) is 11.3 Å². The molecule has 0 aromatic rings. The monoisotopic (exact) mass is 210 g/mol. The van der Waals surface area contributed by atoms with E-state index >= 15 is 0 Å². The maximum Gasteiger partial charge on any atom is 0.222 e. The van der Waals surface area contributed by atoms with E-state index in [1.54, 1.807) is 0 Å². The molecule has 1 amide bonds. The van der Waals surface area contributed by atoms with Gasteiger partial charge in [-0.1, -0.05) is 13.0 Å². The summed E-state index contributed by atoms with van der Waals surface area (Å²) in [6, 6.07) is 0. The first-order valence-electron chi connectivity index (χ1n) is 5.70. The van der Waals surface area contributed by atoms with Crippen LogP contribution in [0.4, 0.5) is 0 Å². The van der Waals surface area contributed by atoms with Gasteiger partial charge in [-0.05, 0) is 31.2 Å². The van der Waals surface area contributed by atoms with Gasteiger partial charge in [-0.2, -0.15) is 0 Å². The molecule has 1 heterocycles. The first kappa shape index (κ1) is 12.2. The van der Waals surface area contributed by atoms with Crippen LogP contribution in [0.3, 0.4) is 0 Å². The zero-order valence-electron chi connectivity index (χ0n) is 9.67.